The highest BCUT2D eigenvalue weighted by molar-refractivity contribution is 5.97. The first-order valence-electron chi connectivity index (χ1n) is 18.5. The fourth-order valence-corrected chi connectivity index (χ4v) is 7.32. The van der Waals surface area contributed by atoms with Gasteiger partial charge in [-0.05, 0) is 50.2 Å². The Balaban J connectivity index is 0.000000123. The van der Waals surface area contributed by atoms with E-state index in [1.165, 1.54) is 43.6 Å². The first-order chi connectivity index (χ1) is 26.1. The quantitative estimate of drug-likeness (QED) is 0.151. The van der Waals surface area contributed by atoms with Crippen LogP contribution in [0, 0.1) is 0 Å². The smallest absolute Gasteiger partial charge is 0.126 e. The SMILES string of the molecule is CC(C1=NCCN1)c1cccc2ccccc12.COc1ccc(CC2=NCCN2)c2ccccc12.COc1ccc2ccccc2c1CC1=NCCN1. The predicted octanol–water partition coefficient (Wildman–Crippen LogP) is 7.73. The molecule has 0 amide bonds. The van der Waals surface area contributed by atoms with E-state index in [-0.39, 0.29) is 0 Å². The molecule has 0 bridgehead atoms. The van der Waals surface area contributed by atoms with Gasteiger partial charge in [-0.1, -0.05) is 110 Å². The first-order valence-corrected chi connectivity index (χ1v) is 18.5. The highest BCUT2D eigenvalue weighted by Crippen LogP contribution is 2.30. The van der Waals surface area contributed by atoms with Crippen molar-refractivity contribution in [3.63, 3.8) is 0 Å². The van der Waals surface area contributed by atoms with E-state index in [1.54, 1.807) is 14.2 Å². The van der Waals surface area contributed by atoms with Crippen molar-refractivity contribution >= 4 is 49.8 Å². The molecule has 0 saturated heterocycles. The molecule has 3 aliphatic heterocycles. The molecule has 0 spiro atoms. The summed E-state index contributed by atoms with van der Waals surface area (Å²) in [5.74, 6) is 5.49. The van der Waals surface area contributed by atoms with Crippen LogP contribution in [0.2, 0.25) is 0 Å². The van der Waals surface area contributed by atoms with Crippen molar-refractivity contribution in [2.75, 3.05) is 53.5 Å². The Morgan fingerprint density at radius 3 is 1.75 bits per heavy atom. The van der Waals surface area contributed by atoms with Crippen LogP contribution < -0.4 is 25.4 Å². The third-order valence-corrected chi connectivity index (χ3v) is 10.0. The van der Waals surface area contributed by atoms with E-state index in [4.69, 9.17) is 9.47 Å². The van der Waals surface area contributed by atoms with Gasteiger partial charge in [0.25, 0.3) is 0 Å². The van der Waals surface area contributed by atoms with Crippen LogP contribution in [0.4, 0.5) is 0 Å². The maximum absolute atomic E-state index is 5.48. The van der Waals surface area contributed by atoms with Crippen molar-refractivity contribution < 1.29 is 9.47 Å². The summed E-state index contributed by atoms with van der Waals surface area (Å²) >= 11 is 0. The van der Waals surface area contributed by atoms with Gasteiger partial charge >= 0.3 is 0 Å². The van der Waals surface area contributed by atoms with Gasteiger partial charge < -0.3 is 25.4 Å². The van der Waals surface area contributed by atoms with Gasteiger partial charge in [-0.3, -0.25) is 15.0 Å². The minimum Gasteiger partial charge on any atom is -0.496 e. The minimum atomic E-state index is 0.351. The maximum atomic E-state index is 5.48. The van der Waals surface area contributed by atoms with Crippen LogP contribution in [0.3, 0.4) is 0 Å². The minimum absolute atomic E-state index is 0.351. The summed E-state index contributed by atoms with van der Waals surface area (Å²) < 4.78 is 10.9. The number of hydrogen-bond acceptors (Lipinski definition) is 8. The van der Waals surface area contributed by atoms with Gasteiger partial charge in [0.05, 0.1) is 33.9 Å². The number of nitrogens with zero attached hydrogens (tertiary/aromatic N) is 3. The second kappa shape index (κ2) is 17.1. The Morgan fingerprint density at radius 2 is 1.09 bits per heavy atom. The Labute approximate surface area is 312 Å². The number of fused-ring (bicyclic) bond motifs is 3. The molecule has 0 radical (unpaired) electrons. The van der Waals surface area contributed by atoms with E-state index in [9.17, 15) is 0 Å². The predicted molar refractivity (Wildman–Crippen MR) is 222 cm³/mol. The fraction of sp³-hybridized carbons (Fsp3) is 0.267. The number of aliphatic imine (C=N–C) groups is 3. The third kappa shape index (κ3) is 8.28. The molecule has 1 unspecified atom stereocenters. The topological polar surface area (TPSA) is 91.6 Å². The van der Waals surface area contributed by atoms with E-state index < -0.39 is 0 Å². The molecule has 53 heavy (non-hydrogen) atoms. The lowest BCUT2D eigenvalue weighted by Gasteiger charge is -2.15. The summed E-state index contributed by atoms with van der Waals surface area (Å²) in [6.45, 7) is 7.78. The Bertz CT molecular complexity index is 2280. The normalized spacial score (nSPS) is 15.1. The summed E-state index contributed by atoms with van der Waals surface area (Å²) in [6, 6.07) is 40.1. The number of nitrogens with one attached hydrogen (secondary N) is 3. The monoisotopic (exact) mass is 704 g/mol. The fourth-order valence-electron chi connectivity index (χ4n) is 7.32. The molecule has 8 nitrogen and oxygen atoms in total. The van der Waals surface area contributed by atoms with Crippen LogP contribution in [-0.2, 0) is 12.8 Å². The van der Waals surface area contributed by atoms with Gasteiger partial charge in [0.1, 0.15) is 29.0 Å². The van der Waals surface area contributed by atoms with E-state index in [0.29, 0.717) is 5.92 Å². The average molecular weight is 705 g/mol. The molecule has 3 aliphatic rings. The average Bonchev–Trinajstić information content (AvgIpc) is 4.04. The van der Waals surface area contributed by atoms with Crippen LogP contribution >= 0.6 is 0 Å². The Hall–Kier alpha value is -5.89. The highest BCUT2D eigenvalue weighted by atomic mass is 16.5. The lowest BCUT2D eigenvalue weighted by molar-refractivity contribution is 0.412. The molecule has 0 aromatic heterocycles. The van der Waals surface area contributed by atoms with Crippen LogP contribution in [0.5, 0.6) is 11.5 Å². The molecule has 1 atom stereocenters. The van der Waals surface area contributed by atoms with Gasteiger partial charge in [-0.2, -0.15) is 0 Å². The number of hydrogen-bond donors (Lipinski definition) is 3. The van der Waals surface area contributed by atoms with E-state index >= 15 is 0 Å². The maximum Gasteiger partial charge on any atom is 0.126 e. The highest BCUT2D eigenvalue weighted by Gasteiger charge is 2.18. The molecule has 6 aromatic carbocycles. The Kier molecular flexibility index (Phi) is 11.4. The second-order valence-corrected chi connectivity index (χ2v) is 13.3. The number of ether oxygens (including phenoxy) is 2. The molecule has 3 heterocycles. The van der Waals surface area contributed by atoms with Crippen LogP contribution in [0.1, 0.15) is 29.5 Å². The zero-order chi connectivity index (χ0) is 36.4. The standard InChI is InChI=1S/2C15H16N2O.C15H16N2/c1-18-14-7-6-11(10-15-16-8-9-17-15)12-4-2-3-5-13(12)14;1-18-14-7-6-11-4-2-3-5-12(11)13(14)10-15-16-8-9-17-15;1-11(15-16-9-10-17-15)13-8-4-6-12-5-2-3-7-14(12)13/h2*2-7H,8-10H2,1H3,(H,16,17);2-8,11H,9-10H2,1H3,(H,16,17). The van der Waals surface area contributed by atoms with Gasteiger partial charge in [-0.15, -0.1) is 0 Å². The molecule has 6 aromatic rings. The molecule has 0 aliphatic carbocycles. The summed E-state index contributed by atoms with van der Waals surface area (Å²) in [6.07, 6.45) is 1.68. The zero-order valence-electron chi connectivity index (χ0n) is 30.9. The summed E-state index contributed by atoms with van der Waals surface area (Å²) in [4.78, 5) is 13.4. The molecular weight excluding hydrogens is 657 g/mol. The molecule has 9 rings (SSSR count). The summed E-state index contributed by atoms with van der Waals surface area (Å²) in [5.41, 5.74) is 3.86. The molecule has 0 fully saturated rings. The molecule has 3 N–H and O–H groups in total. The van der Waals surface area contributed by atoms with Crippen molar-refractivity contribution in [2.24, 2.45) is 15.0 Å². The van der Waals surface area contributed by atoms with E-state index in [0.717, 1.165) is 86.5 Å². The van der Waals surface area contributed by atoms with Crippen molar-refractivity contribution in [1.82, 2.24) is 16.0 Å². The lowest BCUT2D eigenvalue weighted by atomic mass is 9.94. The van der Waals surface area contributed by atoms with Crippen LogP contribution in [0.25, 0.3) is 32.3 Å². The van der Waals surface area contributed by atoms with Gasteiger partial charge in [0, 0.05) is 49.3 Å². The summed E-state index contributed by atoms with van der Waals surface area (Å²) in [5, 5.41) is 17.5. The second-order valence-electron chi connectivity index (χ2n) is 13.3. The first kappa shape index (κ1) is 35.5. The van der Waals surface area contributed by atoms with E-state index in [2.05, 4.69) is 135 Å². The number of benzene rings is 6. The van der Waals surface area contributed by atoms with Crippen molar-refractivity contribution in [1.29, 1.82) is 0 Å². The van der Waals surface area contributed by atoms with Crippen molar-refractivity contribution in [2.45, 2.75) is 25.7 Å². The van der Waals surface area contributed by atoms with Gasteiger partial charge in [0.2, 0.25) is 0 Å². The summed E-state index contributed by atoms with van der Waals surface area (Å²) in [7, 11) is 3.43. The zero-order valence-corrected chi connectivity index (χ0v) is 30.9. The third-order valence-electron chi connectivity index (χ3n) is 10.0. The van der Waals surface area contributed by atoms with Gasteiger partial charge in [-0.25, -0.2) is 0 Å². The molecule has 270 valence electrons. The number of methoxy groups -OCH3 is 2. The largest absolute Gasteiger partial charge is 0.496 e. The number of amidine groups is 3. The lowest BCUT2D eigenvalue weighted by Crippen LogP contribution is -2.24. The van der Waals surface area contributed by atoms with E-state index in [1.807, 2.05) is 18.2 Å². The Morgan fingerprint density at radius 1 is 0.528 bits per heavy atom. The van der Waals surface area contributed by atoms with Crippen molar-refractivity contribution in [3.8, 4) is 11.5 Å². The van der Waals surface area contributed by atoms with Gasteiger partial charge in [0.15, 0.2) is 0 Å². The van der Waals surface area contributed by atoms with Crippen molar-refractivity contribution in [3.05, 3.63) is 132 Å². The molecule has 8 heteroatoms. The van der Waals surface area contributed by atoms with Crippen LogP contribution in [0.15, 0.2) is 130 Å². The molecular formula is C45H48N6O2. The van der Waals surface area contributed by atoms with Crippen LogP contribution in [-0.4, -0.2) is 71.0 Å². The number of rotatable bonds is 8. The molecule has 0 saturated carbocycles.